The maximum absolute atomic E-state index is 13.0. The molecule has 1 heterocycles. The minimum atomic E-state index is -3.00. The van der Waals surface area contributed by atoms with Gasteiger partial charge in [-0.15, -0.1) is 0 Å². The van der Waals surface area contributed by atoms with Crippen LogP contribution in [-0.2, 0) is 13.1 Å². The quantitative estimate of drug-likeness (QED) is 0.400. The second kappa shape index (κ2) is 12.3. The van der Waals surface area contributed by atoms with Gasteiger partial charge in [-0.1, -0.05) is 26.0 Å². The SMILES string of the molecule is CC.NCc1oc(-c2ccc(OC(F)F)c(OCC3CC3)c2)nc1C(=O)NCc1ccc(F)cc1. The first-order valence-electron chi connectivity index (χ1n) is 11.4. The molecule has 0 unspecified atom stereocenters. The van der Waals surface area contributed by atoms with E-state index in [4.69, 9.17) is 14.9 Å². The number of hydrogen-bond acceptors (Lipinski definition) is 6. The van der Waals surface area contributed by atoms with Crippen LogP contribution < -0.4 is 20.5 Å². The lowest BCUT2D eigenvalue weighted by molar-refractivity contribution is -0.0515. The van der Waals surface area contributed by atoms with E-state index in [1.165, 1.54) is 30.3 Å². The number of oxazole rings is 1. The topological polar surface area (TPSA) is 99.6 Å². The number of amides is 1. The summed E-state index contributed by atoms with van der Waals surface area (Å²) in [4.78, 5) is 16.9. The smallest absolute Gasteiger partial charge is 0.387 e. The van der Waals surface area contributed by atoms with E-state index in [2.05, 4.69) is 15.0 Å². The third-order valence-corrected chi connectivity index (χ3v) is 5.04. The highest BCUT2D eigenvalue weighted by atomic mass is 19.3. The van der Waals surface area contributed by atoms with Gasteiger partial charge in [0.15, 0.2) is 23.0 Å². The lowest BCUT2D eigenvalue weighted by Gasteiger charge is -2.12. The van der Waals surface area contributed by atoms with Gasteiger partial charge in [-0.3, -0.25) is 4.79 Å². The van der Waals surface area contributed by atoms with E-state index in [-0.39, 0.29) is 47.8 Å². The fraction of sp³-hybridized carbons (Fsp3) is 0.360. The number of halogens is 3. The molecule has 1 aromatic heterocycles. The summed E-state index contributed by atoms with van der Waals surface area (Å²) < 4.78 is 54.4. The third-order valence-electron chi connectivity index (χ3n) is 5.04. The molecular formula is C25H28F3N3O4. The molecule has 1 fully saturated rings. The molecule has 1 amide bonds. The fourth-order valence-electron chi connectivity index (χ4n) is 3.10. The van der Waals surface area contributed by atoms with Crippen molar-refractivity contribution in [3.63, 3.8) is 0 Å². The van der Waals surface area contributed by atoms with Gasteiger partial charge < -0.3 is 24.9 Å². The zero-order valence-corrected chi connectivity index (χ0v) is 19.5. The van der Waals surface area contributed by atoms with Gasteiger partial charge >= 0.3 is 6.61 Å². The molecule has 188 valence electrons. The Morgan fingerprint density at radius 1 is 1.17 bits per heavy atom. The van der Waals surface area contributed by atoms with Crippen LogP contribution in [0, 0.1) is 11.7 Å². The Hall–Kier alpha value is -3.53. The first-order chi connectivity index (χ1) is 16.9. The molecule has 0 bridgehead atoms. The predicted octanol–water partition coefficient (Wildman–Crippen LogP) is 5.29. The zero-order chi connectivity index (χ0) is 25.4. The largest absolute Gasteiger partial charge is 0.489 e. The normalized spacial score (nSPS) is 12.7. The molecule has 0 spiro atoms. The van der Waals surface area contributed by atoms with Gasteiger partial charge in [0.2, 0.25) is 5.89 Å². The summed E-state index contributed by atoms with van der Waals surface area (Å²) in [5, 5.41) is 2.69. The number of ether oxygens (including phenoxy) is 2. The van der Waals surface area contributed by atoms with Crippen LogP contribution in [0.3, 0.4) is 0 Å². The molecule has 4 rings (SSSR count). The number of rotatable bonds is 10. The number of benzene rings is 2. The van der Waals surface area contributed by atoms with Crippen LogP contribution in [0.4, 0.5) is 13.2 Å². The number of hydrogen-bond donors (Lipinski definition) is 2. The van der Waals surface area contributed by atoms with Crippen LogP contribution in [0.2, 0.25) is 0 Å². The van der Waals surface area contributed by atoms with Crippen molar-refractivity contribution in [1.82, 2.24) is 10.3 Å². The predicted molar refractivity (Wildman–Crippen MR) is 124 cm³/mol. The van der Waals surface area contributed by atoms with Gasteiger partial charge in [-0.25, -0.2) is 9.37 Å². The fourth-order valence-corrected chi connectivity index (χ4v) is 3.10. The van der Waals surface area contributed by atoms with Crippen LogP contribution in [0.15, 0.2) is 46.9 Å². The third kappa shape index (κ3) is 7.22. The summed E-state index contributed by atoms with van der Waals surface area (Å²) in [6.07, 6.45) is 2.06. The maximum Gasteiger partial charge on any atom is 0.387 e. The van der Waals surface area contributed by atoms with Crippen molar-refractivity contribution in [2.24, 2.45) is 11.7 Å². The van der Waals surface area contributed by atoms with Crippen molar-refractivity contribution in [3.8, 4) is 23.0 Å². The highest BCUT2D eigenvalue weighted by molar-refractivity contribution is 5.93. The van der Waals surface area contributed by atoms with Crippen LogP contribution in [-0.4, -0.2) is 24.1 Å². The molecule has 1 aliphatic carbocycles. The molecule has 0 aliphatic heterocycles. The number of nitrogens with two attached hydrogens (primary N) is 1. The van der Waals surface area contributed by atoms with Crippen molar-refractivity contribution in [1.29, 1.82) is 0 Å². The Balaban J connectivity index is 0.00000167. The summed E-state index contributed by atoms with van der Waals surface area (Å²) in [7, 11) is 0. The first-order valence-corrected chi connectivity index (χ1v) is 11.4. The molecule has 35 heavy (non-hydrogen) atoms. The van der Waals surface area contributed by atoms with Gasteiger partial charge in [0, 0.05) is 12.1 Å². The minimum Gasteiger partial charge on any atom is -0.489 e. The van der Waals surface area contributed by atoms with Crippen molar-refractivity contribution in [3.05, 3.63) is 65.3 Å². The van der Waals surface area contributed by atoms with Crippen LogP contribution in [0.5, 0.6) is 11.5 Å². The average molecular weight is 492 g/mol. The van der Waals surface area contributed by atoms with Crippen LogP contribution in [0.25, 0.3) is 11.5 Å². The number of alkyl halides is 2. The van der Waals surface area contributed by atoms with E-state index < -0.39 is 12.5 Å². The van der Waals surface area contributed by atoms with E-state index in [9.17, 15) is 18.0 Å². The van der Waals surface area contributed by atoms with E-state index >= 15 is 0 Å². The van der Waals surface area contributed by atoms with Crippen LogP contribution >= 0.6 is 0 Å². The Kier molecular flexibility index (Phi) is 9.13. The van der Waals surface area contributed by atoms with E-state index in [1.807, 2.05) is 13.8 Å². The summed E-state index contributed by atoms with van der Waals surface area (Å²) >= 11 is 0. The van der Waals surface area contributed by atoms with Crippen molar-refractivity contribution < 1.29 is 31.9 Å². The molecule has 7 nitrogen and oxygen atoms in total. The zero-order valence-electron chi connectivity index (χ0n) is 19.5. The van der Waals surface area contributed by atoms with Gasteiger partial charge in [-0.05, 0) is 54.7 Å². The lowest BCUT2D eigenvalue weighted by atomic mass is 10.2. The van der Waals surface area contributed by atoms with E-state index in [0.29, 0.717) is 23.7 Å². The molecule has 0 radical (unpaired) electrons. The van der Waals surface area contributed by atoms with Gasteiger partial charge in [0.05, 0.1) is 13.2 Å². The molecule has 2 aromatic carbocycles. The first kappa shape index (κ1) is 26.1. The molecular weight excluding hydrogens is 463 g/mol. The van der Waals surface area contributed by atoms with Gasteiger partial charge in [-0.2, -0.15) is 8.78 Å². The molecule has 10 heteroatoms. The van der Waals surface area contributed by atoms with E-state index in [1.54, 1.807) is 12.1 Å². The molecule has 3 N–H and O–H groups in total. The monoisotopic (exact) mass is 491 g/mol. The van der Waals surface area contributed by atoms with Gasteiger partial charge in [0.25, 0.3) is 5.91 Å². The molecule has 0 atom stereocenters. The summed E-state index contributed by atoms with van der Waals surface area (Å²) in [6, 6.07) is 10.0. The molecule has 1 saturated carbocycles. The van der Waals surface area contributed by atoms with Gasteiger partial charge in [0.1, 0.15) is 5.82 Å². The molecule has 3 aromatic rings. The Labute approximate surface area is 201 Å². The summed E-state index contributed by atoms with van der Waals surface area (Å²) in [6.45, 7) is 1.47. The second-order valence-electron chi connectivity index (χ2n) is 7.60. The van der Waals surface area contributed by atoms with Crippen LogP contribution in [0.1, 0.15) is 48.5 Å². The number of nitrogens with one attached hydrogen (secondary N) is 1. The van der Waals surface area contributed by atoms with Crippen molar-refractivity contribution in [2.75, 3.05) is 6.61 Å². The highest BCUT2D eigenvalue weighted by Gasteiger charge is 2.24. The number of aromatic nitrogens is 1. The Bertz CT molecular complexity index is 1120. The molecule has 1 aliphatic rings. The average Bonchev–Trinajstić information content (AvgIpc) is 3.59. The van der Waals surface area contributed by atoms with Crippen molar-refractivity contribution in [2.45, 2.75) is 46.4 Å². The Morgan fingerprint density at radius 2 is 1.89 bits per heavy atom. The lowest BCUT2D eigenvalue weighted by Crippen LogP contribution is -2.24. The number of nitrogens with zero attached hydrogens (tertiary/aromatic N) is 1. The van der Waals surface area contributed by atoms with Crippen molar-refractivity contribution >= 4 is 5.91 Å². The minimum absolute atomic E-state index is 0.00275. The highest BCUT2D eigenvalue weighted by Crippen LogP contribution is 2.36. The Morgan fingerprint density at radius 3 is 2.51 bits per heavy atom. The second-order valence-corrected chi connectivity index (χ2v) is 7.60. The van der Waals surface area contributed by atoms with E-state index in [0.717, 1.165) is 12.8 Å². The number of carbonyl (C=O) groups is 1. The number of carbonyl (C=O) groups excluding carboxylic acids is 1. The summed E-state index contributed by atoms with van der Waals surface area (Å²) in [5.41, 5.74) is 6.84. The molecule has 0 saturated heterocycles. The summed E-state index contributed by atoms with van der Waals surface area (Å²) in [5.74, 6) is -0.209. The maximum atomic E-state index is 13.0. The standard InChI is InChI=1S/C23H22F3N3O4.C2H6/c24-16-6-3-13(4-7-16)11-28-21(30)20-19(10-27)32-22(29-20)15-5-8-17(33-23(25)26)18(9-15)31-12-14-1-2-14;1-2/h3-9,14,23H,1-2,10-12,27H2,(H,28,30);1-2H3.